The fourth-order valence-corrected chi connectivity index (χ4v) is 3.40. The Morgan fingerprint density at radius 2 is 2.10 bits per heavy atom. The number of hydrogen-bond donors (Lipinski definition) is 1. The molecule has 1 saturated carbocycles. The van der Waals surface area contributed by atoms with Gasteiger partial charge in [-0.3, -0.25) is 0 Å². The number of anilines is 2. The van der Waals surface area contributed by atoms with Gasteiger partial charge in [0.25, 0.3) is 0 Å². The molecule has 1 saturated heterocycles. The van der Waals surface area contributed by atoms with Crippen LogP contribution in [-0.4, -0.2) is 45.1 Å². The van der Waals surface area contributed by atoms with E-state index in [4.69, 9.17) is 9.47 Å². The molecule has 2 fully saturated rings. The summed E-state index contributed by atoms with van der Waals surface area (Å²) in [5.74, 6) is 0. The molecule has 1 aliphatic heterocycles. The molecule has 4 nitrogen and oxygen atoms in total. The molecule has 1 heterocycles. The van der Waals surface area contributed by atoms with Crippen molar-refractivity contribution in [2.45, 2.75) is 44.4 Å². The molecule has 0 amide bonds. The van der Waals surface area contributed by atoms with Crippen molar-refractivity contribution in [3.8, 4) is 0 Å². The van der Waals surface area contributed by atoms with Gasteiger partial charge in [-0.2, -0.15) is 0 Å². The second kappa shape index (κ2) is 6.67. The van der Waals surface area contributed by atoms with Gasteiger partial charge < -0.3 is 19.7 Å². The first kappa shape index (κ1) is 14.7. The first-order chi connectivity index (χ1) is 10.3. The van der Waals surface area contributed by atoms with Crippen LogP contribution in [0.15, 0.2) is 24.3 Å². The molecule has 0 aromatic heterocycles. The lowest BCUT2D eigenvalue weighted by Gasteiger charge is -2.43. The molecule has 1 N–H and O–H groups in total. The quantitative estimate of drug-likeness (QED) is 0.873. The summed E-state index contributed by atoms with van der Waals surface area (Å²) in [4.78, 5) is 2.46. The van der Waals surface area contributed by atoms with Crippen molar-refractivity contribution in [3.05, 3.63) is 24.3 Å². The SMILES string of the molecule is CCOC1CC(Nc2cccc(N3CCCC3)c2)C1OC. The molecular formula is C17H26N2O2. The number of ether oxygens (including phenoxy) is 2. The highest BCUT2D eigenvalue weighted by atomic mass is 16.5. The maximum Gasteiger partial charge on any atom is 0.103 e. The number of benzene rings is 1. The molecule has 3 unspecified atom stereocenters. The van der Waals surface area contributed by atoms with Crippen LogP contribution >= 0.6 is 0 Å². The van der Waals surface area contributed by atoms with Gasteiger partial charge in [0, 0.05) is 38.2 Å². The van der Waals surface area contributed by atoms with Crippen molar-refractivity contribution in [1.29, 1.82) is 0 Å². The highest BCUT2D eigenvalue weighted by molar-refractivity contribution is 5.59. The Bertz CT molecular complexity index is 460. The zero-order chi connectivity index (χ0) is 14.7. The fourth-order valence-electron chi connectivity index (χ4n) is 3.40. The molecule has 1 aromatic carbocycles. The maximum absolute atomic E-state index is 5.68. The maximum atomic E-state index is 5.68. The van der Waals surface area contributed by atoms with E-state index in [1.54, 1.807) is 7.11 Å². The van der Waals surface area contributed by atoms with Crippen molar-refractivity contribution in [3.63, 3.8) is 0 Å². The van der Waals surface area contributed by atoms with Crippen molar-refractivity contribution in [2.24, 2.45) is 0 Å². The third-order valence-electron chi connectivity index (χ3n) is 4.57. The number of nitrogens with one attached hydrogen (secondary N) is 1. The molecule has 3 atom stereocenters. The Morgan fingerprint density at radius 3 is 2.81 bits per heavy atom. The van der Waals surface area contributed by atoms with Crippen molar-refractivity contribution in [1.82, 2.24) is 0 Å². The van der Waals surface area contributed by atoms with Crippen LogP contribution in [0.2, 0.25) is 0 Å². The van der Waals surface area contributed by atoms with Crippen molar-refractivity contribution < 1.29 is 9.47 Å². The zero-order valence-electron chi connectivity index (χ0n) is 13.0. The highest BCUT2D eigenvalue weighted by Crippen LogP contribution is 2.31. The van der Waals surface area contributed by atoms with Crippen LogP contribution < -0.4 is 10.2 Å². The summed E-state index contributed by atoms with van der Waals surface area (Å²) in [7, 11) is 1.77. The summed E-state index contributed by atoms with van der Waals surface area (Å²) in [6.45, 7) is 5.15. The van der Waals surface area contributed by atoms with Gasteiger partial charge in [-0.05, 0) is 44.4 Å². The molecular weight excluding hydrogens is 264 g/mol. The van der Waals surface area contributed by atoms with Crippen LogP contribution in [0.25, 0.3) is 0 Å². The molecule has 1 aliphatic carbocycles. The Labute approximate surface area is 127 Å². The number of nitrogens with zero attached hydrogens (tertiary/aromatic N) is 1. The minimum absolute atomic E-state index is 0.153. The summed E-state index contributed by atoms with van der Waals surface area (Å²) in [5, 5.41) is 3.60. The van der Waals surface area contributed by atoms with E-state index in [0.29, 0.717) is 6.04 Å². The molecule has 1 aromatic rings. The number of methoxy groups -OCH3 is 1. The number of hydrogen-bond acceptors (Lipinski definition) is 4. The molecule has 3 rings (SSSR count). The molecule has 4 heteroatoms. The van der Waals surface area contributed by atoms with Crippen molar-refractivity contribution in [2.75, 3.05) is 37.0 Å². The van der Waals surface area contributed by atoms with E-state index in [1.165, 1.54) is 37.3 Å². The van der Waals surface area contributed by atoms with E-state index < -0.39 is 0 Å². The highest BCUT2D eigenvalue weighted by Gasteiger charge is 2.42. The largest absolute Gasteiger partial charge is 0.379 e. The molecule has 116 valence electrons. The first-order valence-corrected chi connectivity index (χ1v) is 8.07. The van der Waals surface area contributed by atoms with Crippen LogP contribution in [0.4, 0.5) is 11.4 Å². The van der Waals surface area contributed by atoms with Crippen molar-refractivity contribution >= 4 is 11.4 Å². The summed E-state index contributed by atoms with van der Waals surface area (Å²) in [5.41, 5.74) is 2.51. The van der Waals surface area contributed by atoms with Gasteiger partial charge in [0.1, 0.15) is 6.10 Å². The van der Waals surface area contributed by atoms with E-state index in [0.717, 1.165) is 13.0 Å². The van der Waals surface area contributed by atoms with Gasteiger partial charge >= 0.3 is 0 Å². The van der Waals surface area contributed by atoms with Gasteiger partial charge in [0.05, 0.1) is 12.1 Å². The molecule has 0 radical (unpaired) electrons. The van der Waals surface area contributed by atoms with Crippen LogP contribution in [0.3, 0.4) is 0 Å². The lowest BCUT2D eigenvalue weighted by molar-refractivity contribution is -0.118. The third-order valence-corrected chi connectivity index (χ3v) is 4.57. The second-order valence-electron chi connectivity index (χ2n) is 5.93. The summed E-state index contributed by atoms with van der Waals surface area (Å²) >= 11 is 0. The second-order valence-corrected chi connectivity index (χ2v) is 5.93. The lowest BCUT2D eigenvalue weighted by atomic mass is 9.85. The van der Waals surface area contributed by atoms with Crippen LogP contribution in [0.5, 0.6) is 0 Å². The number of rotatable bonds is 6. The minimum Gasteiger partial charge on any atom is -0.379 e. The Hall–Kier alpha value is -1.26. The standard InChI is InChI=1S/C17H26N2O2/c1-3-21-16-12-15(17(16)20-2)18-13-7-6-8-14(11-13)19-9-4-5-10-19/h6-8,11,15-18H,3-5,9-10,12H2,1-2H3. The van der Waals surface area contributed by atoms with E-state index in [1.807, 2.05) is 6.92 Å². The summed E-state index contributed by atoms with van der Waals surface area (Å²) in [6.07, 6.45) is 4.02. The van der Waals surface area contributed by atoms with Gasteiger partial charge in [-0.1, -0.05) is 6.07 Å². The van der Waals surface area contributed by atoms with Crippen LogP contribution in [0.1, 0.15) is 26.2 Å². The molecule has 21 heavy (non-hydrogen) atoms. The summed E-state index contributed by atoms with van der Waals surface area (Å²) < 4.78 is 11.2. The van der Waals surface area contributed by atoms with E-state index in [9.17, 15) is 0 Å². The predicted octanol–water partition coefficient (Wildman–Crippen LogP) is 2.89. The first-order valence-electron chi connectivity index (χ1n) is 8.07. The van der Waals surface area contributed by atoms with E-state index in [-0.39, 0.29) is 12.2 Å². The minimum atomic E-state index is 0.153. The Kier molecular flexibility index (Phi) is 4.66. The average molecular weight is 290 g/mol. The fraction of sp³-hybridized carbons (Fsp3) is 0.647. The van der Waals surface area contributed by atoms with Gasteiger partial charge in [0.2, 0.25) is 0 Å². The van der Waals surface area contributed by atoms with Gasteiger partial charge in [-0.25, -0.2) is 0 Å². The van der Waals surface area contributed by atoms with Gasteiger partial charge in [0.15, 0.2) is 0 Å². The van der Waals surface area contributed by atoms with Crippen LogP contribution in [0, 0.1) is 0 Å². The molecule has 2 aliphatic rings. The van der Waals surface area contributed by atoms with Crippen LogP contribution in [-0.2, 0) is 9.47 Å². The normalized spacial score (nSPS) is 28.5. The lowest BCUT2D eigenvalue weighted by Crippen LogP contribution is -2.56. The van der Waals surface area contributed by atoms with E-state index >= 15 is 0 Å². The summed E-state index contributed by atoms with van der Waals surface area (Å²) in [6, 6.07) is 9.08. The predicted molar refractivity (Wildman–Crippen MR) is 86.1 cm³/mol. The third kappa shape index (κ3) is 3.16. The molecule has 0 bridgehead atoms. The smallest absolute Gasteiger partial charge is 0.103 e. The molecule has 0 spiro atoms. The van der Waals surface area contributed by atoms with E-state index in [2.05, 4.69) is 34.5 Å². The zero-order valence-corrected chi connectivity index (χ0v) is 13.0. The Balaban J connectivity index is 1.61. The average Bonchev–Trinajstić information content (AvgIpc) is 3.01. The van der Waals surface area contributed by atoms with Gasteiger partial charge in [-0.15, -0.1) is 0 Å². The topological polar surface area (TPSA) is 33.7 Å². The monoisotopic (exact) mass is 290 g/mol. The Morgan fingerprint density at radius 1 is 1.29 bits per heavy atom.